The fourth-order valence-corrected chi connectivity index (χ4v) is 2.51. The van der Waals surface area contributed by atoms with Crippen molar-refractivity contribution in [1.29, 1.82) is 0 Å². The lowest BCUT2D eigenvalue weighted by Gasteiger charge is -2.26. The zero-order valence-corrected chi connectivity index (χ0v) is 11.6. The second-order valence-corrected chi connectivity index (χ2v) is 5.40. The molecule has 0 radical (unpaired) electrons. The van der Waals surface area contributed by atoms with Gasteiger partial charge in [-0.05, 0) is 45.0 Å². The van der Waals surface area contributed by atoms with E-state index in [-0.39, 0.29) is 6.04 Å². The Kier molecular flexibility index (Phi) is 4.19. The van der Waals surface area contributed by atoms with E-state index in [4.69, 9.17) is 5.73 Å². The van der Waals surface area contributed by atoms with Crippen LogP contribution in [0.4, 0.5) is 5.82 Å². The summed E-state index contributed by atoms with van der Waals surface area (Å²) in [5.74, 6) is 1.03. The van der Waals surface area contributed by atoms with E-state index in [1.807, 2.05) is 13.1 Å². The van der Waals surface area contributed by atoms with Crippen molar-refractivity contribution in [3.8, 4) is 0 Å². The Morgan fingerprint density at radius 2 is 2.33 bits per heavy atom. The molecule has 1 aliphatic heterocycles. The quantitative estimate of drug-likeness (QED) is 0.879. The number of hydrogen-bond donors (Lipinski definition) is 1. The first-order valence-electron chi connectivity index (χ1n) is 6.71. The standard InChI is InChI=1S/C14H24N4/c1-11(15)12-6-7-14(16-9-12)18(3)10-13-5-4-8-17(13)2/h6-7,9,11,13H,4-5,8,10,15H2,1-3H3/t11-,13?/m0/s1. The molecule has 0 aliphatic carbocycles. The maximum Gasteiger partial charge on any atom is 0.128 e. The molecule has 1 aromatic rings. The lowest BCUT2D eigenvalue weighted by atomic mass is 10.1. The van der Waals surface area contributed by atoms with E-state index in [9.17, 15) is 0 Å². The van der Waals surface area contributed by atoms with Crippen molar-refractivity contribution in [3.63, 3.8) is 0 Å². The molecule has 0 amide bonds. The molecule has 0 saturated carbocycles. The summed E-state index contributed by atoms with van der Waals surface area (Å²) in [6.45, 7) is 4.24. The number of hydrogen-bond acceptors (Lipinski definition) is 4. The normalized spacial score (nSPS) is 22.1. The van der Waals surface area contributed by atoms with Crippen LogP contribution in [0.15, 0.2) is 18.3 Å². The van der Waals surface area contributed by atoms with Gasteiger partial charge in [0.1, 0.15) is 5.82 Å². The molecule has 1 saturated heterocycles. The second-order valence-electron chi connectivity index (χ2n) is 5.40. The monoisotopic (exact) mass is 248 g/mol. The van der Waals surface area contributed by atoms with Gasteiger partial charge in [-0.3, -0.25) is 0 Å². The lowest BCUT2D eigenvalue weighted by molar-refractivity contribution is 0.314. The van der Waals surface area contributed by atoms with Crippen molar-refractivity contribution in [2.45, 2.75) is 31.8 Å². The third-order valence-electron chi connectivity index (χ3n) is 3.84. The zero-order valence-electron chi connectivity index (χ0n) is 11.6. The molecule has 0 bridgehead atoms. The molecule has 100 valence electrons. The minimum atomic E-state index is 0.0535. The van der Waals surface area contributed by atoms with Gasteiger partial charge in [-0.1, -0.05) is 6.07 Å². The zero-order chi connectivity index (χ0) is 13.1. The maximum atomic E-state index is 5.83. The summed E-state index contributed by atoms with van der Waals surface area (Å²) in [6.07, 6.45) is 4.49. The number of nitrogens with two attached hydrogens (primary N) is 1. The predicted octanol–water partition coefficient (Wildman–Crippen LogP) is 1.63. The van der Waals surface area contributed by atoms with Crippen molar-refractivity contribution in [2.75, 3.05) is 32.1 Å². The minimum Gasteiger partial charge on any atom is -0.358 e. The maximum absolute atomic E-state index is 5.83. The number of nitrogens with zero attached hydrogens (tertiary/aromatic N) is 3. The van der Waals surface area contributed by atoms with Crippen LogP contribution in [-0.2, 0) is 0 Å². The van der Waals surface area contributed by atoms with Crippen molar-refractivity contribution < 1.29 is 0 Å². The van der Waals surface area contributed by atoms with Crippen molar-refractivity contribution in [1.82, 2.24) is 9.88 Å². The molecule has 0 aromatic carbocycles. The molecular formula is C14H24N4. The van der Waals surface area contributed by atoms with Gasteiger partial charge in [-0.2, -0.15) is 0 Å². The summed E-state index contributed by atoms with van der Waals surface area (Å²) in [5, 5.41) is 0. The third-order valence-corrected chi connectivity index (χ3v) is 3.84. The smallest absolute Gasteiger partial charge is 0.128 e. The average molecular weight is 248 g/mol. The average Bonchev–Trinajstić information content (AvgIpc) is 2.75. The summed E-state index contributed by atoms with van der Waals surface area (Å²) in [5.41, 5.74) is 6.92. The first-order valence-corrected chi connectivity index (χ1v) is 6.71. The highest BCUT2D eigenvalue weighted by Gasteiger charge is 2.22. The van der Waals surface area contributed by atoms with E-state index >= 15 is 0 Å². The Bertz CT molecular complexity index is 374. The van der Waals surface area contributed by atoms with E-state index < -0.39 is 0 Å². The molecule has 1 unspecified atom stereocenters. The number of rotatable bonds is 4. The van der Waals surface area contributed by atoms with Crippen LogP contribution in [0, 0.1) is 0 Å². The van der Waals surface area contributed by atoms with E-state index in [1.165, 1.54) is 19.4 Å². The fraction of sp³-hybridized carbons (Fsp3) is 0.643. The fourth-order valence-electron chi connectivity index (χ4n) is 2.51. The van der Waals surface area contributed by atoms with Gasteiger partial charge >= 0.3 is 0 Å². The van der Waals surface area contributed by atoms with Gasteiger partial charge in [-0.15, -0.1) is 0 Å². The van der Waals surface area contributed by atoms with Crippen LogP contribution in [-0.4, -0.2) is 43.1 Å². The van der Waals surface area contributed by atoms with E-state index in [0.29, 0.717) is 6.04 Å². The van der Waals surface area contributed by atoms with E-state index in [1.54, 1.807) is 0 Å². The molecule has 1 aliphatic rings. The van der Waals surface area contributed by atoms with Crippen LogP contribution in [0.5, 0.6) is 0 Å². The van der Waals surface area contributed by atoms with Crippen molar-refractivity contribution in [3.05, 3.63) is 23.9 Å². The Hall–Kier alpha value is -1.13. The molecule has 0 spiro atoms. The van der Waals surface area contributed by atoms with Gasteiger partial charge in [-0.25, -0.2) is 4.98 Å². The molecule has 4 nitrogen and oxygen atoms in total. The first-order chi connectivity index (χ1) is 8.58. The molecule has 2 rings (SSSR count). The molecule has 18 heavy (non-hydrogen) atoms. The summed E-state index contributed by atoms with van der Waals surface area (Å²) in [7, 11) is 4.32. The van der Waals surface area contributed by atoms with E-state index in [2.05, 4.69) is 41.0 Å². The third kappa shape index (κ3) is 3.00. The van der Waals surface area contributed by atoms with Gasteiger partial charge in [0.2, 0.25) is 0 Å². The van der Waals surface area contributed by atoms with Gasteiger partial charge in [0.25, 0.3) is 0 Å². The topological polar surface area (TPSA) is 45.4 Å². The summed E-state index contributed by atoms with van der Waals surface area (Å²) < 4.78 is 0. The van der Waals surface area contributed by atoms with Crippen molar-refractivity contribution >= 4 is 5.82 Å². The highest BCUT2D eigenvalue weighted by atomic mass is 15.2. The van der Waals surface area contributed by atoms with Gasteiger partial charge < -0.3 is 15.5 Å². The molecular weight excluding hydrogens is 224 g/mol. The second kappa shape index (κ2) is 5.67. The van der Waals surface area contributed by atoms with Crippen LogP contribution in [0.1, 0.15) is 31.4 Å². The van der Waals surface area contributed by atoms with Gasteiger partial charge in [0.15, 0.2) is 0 Å². The van der Waals surface area contributed by atoms with Crippen molar-refractivity contribution in [2.24, 2.45) is 5.73 Å². The number of pyridine rings is 1. The number of aromatic nitrogens is 1. The molecule has 2 N–H and O–H groups in total. The molecule has 2 heterocycles. The summed E-state index contributed by atoms with van der Waals surface area (Å²) >= 11 is 0. The van der Waals surface area contributed by atoms with Crippen LogP contribution in [0.25, 0.3) is 0 Å². The molecule has 4 heteroatoms. The number of likely N-dealkylation sites (N-methyl/N-ethyl adjacent to an activating group) is 2. The molecule has 1 aromatic heterocycles. The molecule has 1 fully saturated rings. The van der Waals surface area contributed by atoms with Gasteiger partial charge in [0.05, 0.1) is 0 Å². The van der Waals surface area contributed by atoms with Crippen LogP contribution < -0.4 is 10.6 Å². The largest absolute Gasteiger partial charge is 0.358 e. The highest BCUT2D eigenvalue weighted by molar-refractivity contribution is 5.39. The predicted molar refractivity (Wildman–Crippen MR) is 75.8 cm³/mol. The number of anilines is 1. The Morgan fingerprint density at radius 3 is 2.83 bits per heavy atom. The Morgan fingerprint density at radius 1 is 1.56 bits per heavy atom. The summed E-state index contributed by atoms with van der Waals surface area (Å²) in [6, 6.07) is 4.85. The summed E-state index contributed by atoms with van der Waals surface area (Å²) in [4.78, 5) is 9.17. The SMILES string of the molecule is C[C@H](N)c1ccc(N(C)CC2CCCN2C)nc1. The minimum absolute atomic E-state index is 0.0535. The van der Waals surface area contributed by atoms with Crippen LogP contribution in [0.2, 0.25) is 0 Å². The molecule has 2 atom stereocenters. The van der Waals surface area contributed by atoms with Crippen LogP contribution >= 0.6 is 0 Å². The Balaban J connectivity index is 1.98. The number of likely N-dealkylation sites (tertiary alicyclic amines) is 1. The highest BCUT2D eigenvalue weighted by Crippen LogP contribution is 2.19. The van der Waals surface area contributed by atoms with E-state index in [0.717, 1.165) is 17.9 Å². The first kappa shape index (κ1) is 13.3. The van der Waals surface area contributed by atoms with Crippen LogP contribution in [0.3, 0.4) is 0 Å². The Labute approximate surface area is 110 Å². The lowest BCUT2D eigenvalue weighted by Crippen LogP contribution is -2.36. The van der Waals surface area contributed by atoms with Gasteiger partial charge in [0, 0.05) is 31.9 Å².